The summed E-state index contributed by atoms with van der Waals surface area (Å²) in [6, 6.07) is 10.4. The summed E-state index contributed by atoms with van der Waals surface area (Å²) in [6.07, 6.45) is -7.29. The topological polar surface area (TPSA) is 159 Å². The normalized spacial score (nSPS) is 25.6. The third kappa shape index (κ3) is 3.90. The molecular weight excluding hydrogens is 424 g/mol. The summed E-state index contributed by atoms with van der Waals surface area (Å²) in [5, 5.41) is 49.7. The van der Waals surface area contributed by atoms with E-state index in [0.29, 0.717) is 11.3 Å². The molecule has 1 aliphatic rings. The van der Waals surface area contributed by atoms with E-state index in [1.807, 2.05) is 0 Å². The van der Waals surface area contributed by atoms with Crippen molar-refractivity contribution in [3.05, 3.63) is 52.7 Å². The van der Waals surface area contributed by atoms with Gasteiger partial charge in [-0.2, -0.15) is 0 Å². The number of fused-ring (bicyclic) bond motifs is 1. The Morgan fingerprint density at radius 3 is 2.50 bits per heavy atom. The van der Waals surface area contributed by atoms with E-state index in [2.05, 4.69) is 0 Å². The van der Waals surface area contributed by atoms with Crippen LogP contribution < -0.4 is 14.9 Å². The smallest absolute Gasteiger partial charge is 0.229 e. The van der Waals surface area contributed by atoms with Gasteiger partial charge in [0.05, 0.1) is 19.3 Å². The Morgan fingerprint density at radius 1 is 1.03 bits per heavy atom. The van der Waals surface area contributed by atoms with Crippen LogP contribution in [0.25, 0.3) is 22.3 Å². The van der Waals surface area contributed by atoms with Crippen molar-refractivity contribution in [2.75, 3.05) is 13.7 Å². The molecule has 1 aliphatic heterocycles. The van der Waals surface area contributed by atoms with Gasteiger partial charge in [-0.05, 0) is 12.1 Å². The van der Waals surface area contributed by atoms with Gasteiger partial charge in [0.1, 0.15) is 58.4 Å². The minimum absolute atomic E-state index is 0.0121. The first-order valence-electron chi connectivity index (χ1n) is 9.75. The molecule has 5 N–H and O–H groups in total. The van der Waals surface area contributed by atoms with Crippen LogP contribution in [0.5, 0.6) is 17.2 Å². The van der Waals surface area contributed by atoms with Gasteiger partial charge >= 0.3 is 0 Å². The van der Waals surface area contributed by atoms with Gasteiger partial charge in [0.15, 0.2) is 5.43 Å². The van der Waals surface area contributed by atoms with Gasteiger partial charge in [0.2, 0.25) is 6.29 Å². The van der Waals surface area contributed by atoms with Gasteiger partial charge in [-0.15, -0.1) is 0 Å². The quantitative estimate of drug-likeness (QED) is 0.370. The Bertz CT molecular complexity index is 1170. The van der Waals surface area contributed by atoms with E-state index in [-0.39, 0.29) is 28.2 Å². The van der Waals surface area contributed by atoms with Crippen LogP contribution in [0.4, 0.5) is 0 Å². The fraction of sp³-hybridized carbons (Fsp3) is 0.318. The van der Waals surface area contributed by atoms with E-state index in [4.69, 9.17) is 18.6 Å². The van der Waals surface area contributed by atoms with Crippen molar-refractivity contribution in [1.29, 1.82) is 0 Å². The number of phenols is 1. The lowest BCUT2D eigenvalue weighted by Crippen LogP contribution is -2.60. The number of hydrogen-bond donors (Lipinski definition) is 5. The standard InChI is InChI=1S/C22H22O10/c1-29-10-6-12(24)18-13(25)8-15(30-16(18)7-10)11-4-2-3-5-14(11)31-22-21(28)20(27)19(26)17(9-23)32-22/h2-8,17,19-24,26-28H,9H2,1H3/t17-,19-,20+,21-,22-/m1/s1. The summed E-state index contributed by atoms with van der Waals surface area (Å²) in [6.45, 7) is -0.600. The van der Waals surface area contributed by atoms with E-state index in [1.54, 1.807) is 18.2 Å². The van der Waals surface area contributed by atoms with Crippen molar-refractivity contribution in [3.8, 4) is 28.6 Å². The molecule has 1 aromatic heterocycles. The van der Waals surface area contributed by atoms with E-state index < -0.39 is 42.7 Å². The lowest BCUT2D eigenvalue weighted by Gasteiger charge is -2.39. The molecule has 0 aliphatic carbocycles. The molecule has 4 rings (SSSR count). The van der Waals surface area contributed by atoms with Gasteiger partial charge in [-0.25, -0.2) is 0 Å². The molecule has 0 unspecified atom stereocenters. The number of aromatic hydroxyl groups is 1. The van der Waals surface area contributed by atoms with E-state index >= 15 is 0 Å². The summed E-state index contributed by atoms with van der Waals surface area (Å²) >= 11 is 0. The van der Waals surface area contributed by atoms with Crippen molar-refractivity contribution < 1.29 is 44.2 Å². The van der Waals surface area contributed by atoms with E-state index in [0.717, 1.165) is 0 Å². The maximum atomic E-state index is 12.7. The molecule has 3 aromatic rings. The molecule has 5 atom stereocenters. The molecule has 2 heterocycles. The van der Waals surface area contributed by atoms with Gasteiger partial charge in [-0.1, -0.05) is 12.1 Å². The number of rotatable bonds is 5. The first-order valence-corrected chi connectivity index (χ1v) is 9.75. The molecule has 32 heavy (non-hydrogen) atoms. The van der Waals surface area contributed by atoms with Crippen LogP contribution in [0.15, 0.2) is 51.7 Å². The van der Waals surface area contributed by atoms with Gasteiger partial charge in [-0.3, -0.25) is 4.79 Å². The fourth-order valence-electron chi connectivity index (χ4n) is 3.56. The first kappa shape index (κ1) is 22.1. The average molecular weight is 446 g/mol. The summed E-state index contributed by atoms with van der Waals surface area (Å²) in [4.78, 5) is 12.7. The van der Waals surface area contributed by atoms with Crippen molar-refractivity contribution in [2.24, 2.45) is 0 Å². The van der Waals surface area contributed by atoms with Crippen molar-refractivity contribution in [3.63, 3.8) is 0 Å². The molecule has 1 saturated heterocycles. The Hall–Kier alpha value is -3.15. The number of aliphatic hydroxyl groups excluding tert-OH is 4. The lowest BCUT2D eigenvalue weighted by atomic mass is 9.99. The van der Waals surface area contributed by atoms with Crippen LogP contribution >= 0.6 is 0 Å². The Labute approximate surface area is 181 Å². The molecule has 0 spiro atoms. The molecule has 0 bridgehead atoms. The van der Waals surface area contributed by atoms with Crippen molar-refractivity contribution in [1.82, 2.24) is 0 Å². The molecule has 0 radical (unpaired) electrons. The van der Waals surface area contributed by atoms with Crippen molar-refractivity contribution in [2.45, 2.75) is 30.7 Å². The highest BCUT2D eigenvalue weighted by molar-refractivity contribution is 5.86. The van der Waals surface area contributed by atoms with Crippen LogP contribution in [0.2, 0.25) is 0 Å². The van der Waals surface area contributed by atoms with Crippen LogP contribution in [-0.2, 0) is 4.74 Å². The van der Waals surface area contributed by atoms with Crippen LogP contribution in [0.3, 0.4) is 0 Å². The maximum absolute atomic E-state index is 12.7. The van der Waals surface area contributed by atoms with Gasteiger partial charge < -0.3 is 44.2 Å². The zero-order valence-electron chi connectivity index (χ0n) is 16.9. The number of ether oxygens (including phenoxy) is 3. The fourth-order valence-corrected chi connectivity index (χ4v) is 3.56. The summed E-state index contributed by atoms with van der Waals surface area (Å²) in [7, 11) is 1.41. The summed E-state index contributed by atoms with van der Waals surface area (Å²) < 4.78 is 22.1. The predicted octanol–water partition coefficient (Wildman–Crippen LogP) is 0.353. The number of hydrogen-bond acceptors (Lipinski definition) is 10. The highest BCUT2D eigenvalue weighted by Crippen LogP contribution is 2.35. The molecule has 170 valence electrons. The summed E-state index contributed by atoms with van der Waals surface area (Å²) in [5.74, 6) is 0.258. The number of aliphatic hydroxyl groups is 4. The number of para-hydroxylation sites is 1. The van der Waals surface area contributed by atoms with E-state index in [9.17, 15) is 30.3 Å². The molecule has 1 fully saturated rings. The molecule has 0 saturated carbocycles. The monoisotopic (exact) mass is 446 g/mol. The van der Waals surface area contributed by atoms with Crippen LogP contribution in [-0.4, -0.2) is 70.0 Å². The second-order valence-corrected chi connectivity index (χ2v) is 7.31. The molecule has 10 nitrogen and oxygen atoms in total. The molecule has 10 heteroatoms. The maximum Gasteiger partial charge on any atom is 0.229 e. The average Bonchev–Trinajstić information content (AvgIpc) is 2.79. The number of methoxy groups -OCH3 is 1. The second kappa shape index (κ2) is 8.77. The molecule has 0 amide bonds. The molecular formula is C22H22O10. The third-order valence-corrected chi connectivity index (χ3v) is 5.26. The van der Waals surface area contributed by atoms with Crippen LogP contribution in [0, 0.1) is 0 Å². The highest BCUT2D eigenvalue weighted by atomic mass is 16.7. The Kier molecular flexibility index (Phi) is 6.04. The number of benzene rings is 2. The Morgan fingerprint density at radius 2 is 1.78 bits per heavy atom. The molecule has 2 aromatic carbocycles. The van der Waals surface area contributed by atoms with Gasteiger partial charge in [0, 0.05) is 18.2 Å². The predicted molar refractivity (Wildman–Crippen MR) is 111 cm³/mol. The third-order valence-electron chi connectivity index (χ3n) is 5.26. The highest BCUT2D eigenvalue weighted by Gasteiger charge is 2.44. The van der Waals surface area contributed by atoms with Gasteiger partial charge in [0.25, 0.3) is 0 Å². The SMILES string of the molecule is COc1cc(O)c2c(=O)cc(-c3ccccc3O[C@@H]3O[C@H](CO)[C@@H](O)[C@H](O)[C@H]3O)oc2c1. The lowest BCUT2D eigenvalue weighted by molar-refractivity contribution is -0.277. The van der Waals surface area contributed by atoms with Crippen LogP contribution in [0.1, 0.15) is 0 Å². The van der Waals surface area contributed by atoms with Crippen molar-refractivity contribution >= 4 is 11.0 Å². The second-order valence-electron chi connectivity index (χ2n) is 7.31. The Balaban J connectivity index is 1.74. The first-order chi connectivity index (χ1) is 15.3. The largest absolute Gasteiger partial charge is 0.507 e. The minimum atomic E-state index is -1.61. The number of phenolic OH excluding ortho intramolecular Hbond substituents is 1. The zero-order chi connectivity index (χ0) is 23.0. The minimum Gasteiger partial charge on any atom is -0.507 e. The zero-order valence-corrected chi connectivity index (χ0v) is 16.9. The summed E-state index contributed by atoms with van der Waals surface area (Å²) in [5.41, 5.74) is -0.0817. The van der Waals surface area contributed by atoms with E-state index in [1.165, 1.54) is 31.4 Å².